The minimum atomic E-state index is -3.67. The molecule has 1 aromatic carbocycles. The fraction of sp³-hybridized carbons (Fsp3) is 0.100. The van der Waals surface area contributed by atoms with E-state index in [1.165, 1.54) is 6.20 Å². The number of anilines is 1. The lowest BCUT2D eigenvalue weighted by molar-refractivity contribution is 0.603. The second-order valence-corrected chi connectivity index (χ2v) is 7.38. The van der Waals surface area contributed by atoms with E-state index in [9.17, 15) is 8.42 Å². The van der Waals surface area contributed by atoms with Crippen molar-refractivity contribution in [3.05, 3.63) is 39.4 Å². The van der Waals surface area contributed by atoms with Crippen LogP contribution in [0.15, 0.2) is 28.6 Å². The van der Waals surface area contributed by atoms with Gasteiger partial charge in [0.05, 0.1) is 11.9 Å². The van der Waals surface area contributed by atoms with E-state index in [1.54, 1.807) is 25.1 Å². The first kappa shape index (κ1) is 13.6. The third-order valence-electron chi connectivity index (χ3n) is 2.23. The predicted molar refractivity (Wildman–Crippen MR) is 74.1 cm³/mol. The monoisotopic (exact) mass is 322 g/mol. The number of thiazole rings is 1. The number of benzene rings is 1. The standard InChI is InChI=1S/C10H8Cl2N2O2S2/c1-6-7(11)3-2-4-8(6)14-18(15,16)9-5-13-10(12)17-9/h2-5,14H,1H3. The SMILES string of the molecule is Cc1c(Cl)cccc1NS(=O)(=O)c1cnc(Cl)s1. The fourth-order valence-electron chi connectivity index (χ4n) is 1.28. The van der Waals surface area contributed by atoms with Crippen LogP contribution in [0.25, 0.3) is 0 Å². The number of nitrogens with one attached hydrogen (secondary N) is 1. The van der Waals surface area contributed by atoms with Gasteiger partial charge in [0.25, 0.3) is 10.0 Å². The van der Waals surface area contributed by atoms with E-state index in [0.29, 0.717) is 16.3 Å². The van der Waals surface area contributed by atoms with Crippen LogP contribution >= 0.6 is 34.5 Å². The van der Waals surface area contributed by atoms with Gasteiger partial charge < -0.3 is 0 Å². The van der Waals surface area contributed by atoms with Crippen molar-refractivity contribution >= 4 is 50.2 Å². The zero-order valence-corrected chi connectivity index (χ0v) is 12.3. The van der Waals surface area contributed by atoms with Crippen molar-refractivity contribution in [1.29, 1.82) is 0 Å². The average Bonchev–Trinajstić information content (AvgIpc) is 2.72. The van der Waals surface area contributed by atoms with Crippen molar-refractivity contribution in [2.45, 2.75) is 11.1 Å². The minimum Gasteiger partial charge on any atom is -0.279 e. The van der Waals surface area contributed by atoms with E-state index in [1.807, 2.05) is 0 Å². The Balaban J connectivity index is 2.37. The van der Waals surface area contributed by atoms with E-state index >= 15 is 0 Å². The Labute approximate surface area is 119 Å². The highest BCUT2D eigenvalue weighted by molar-refractivity contribution is 7.94. The van der Waals surface area contributed by atoms with Gasteiger partial charge in [-0.1, -0.05) is 40.6 Å². The Morgan fingerprint density at radius 3 is 2.67 bits per heavy atom. The lowest BCUT2D eigenvalue weighted by atomic mass is 10.2. The Bertz CT molecular complexity index is 683. The maximum Gasteiger partial charge on any atom is 0.273 e. The van der Waals surface area contributed by atoms with E-state index in [-0.39, 0.29) is 8.68 Å². The Morgan fingerprint density at radius 2 is 2.06 bits per heavy atom. The molecule has 0 aliphatic heterocycles. The number of sulfonamides is 1. The molecule has 0 unspecified atom stereocenters. The third kappa shape index (κ3) is 2.77. The van der Waals surface area contributed by atoms with E-state index in [4.69, 9.17) is 23.2 Å². The average molecular weight is 323 g/mol. The van der Waals surface area contributed by atoms with Crippen LogP contribution in [0, 0.1) is 6.92 Å². The normalized spacial score (nSPS) is 11.5. The lowest BCUT2D eigenvalue weighted by Gasteiger charge is -2.09. The first-order chi connectivity index (χ1) is 8.40. The van der Waals surface area contributed by atoms with E-state index in [2.05, 4.69) is 9.71 Å². The van der Waals surface area contributed by atoms with Crippen LogP contribution in [0.4, 0.5) is 5.69 Å². The molecule has 4 nitrogen and oxygen atoms in total. The maximum atomic E-state index is 12.0. The molecule has 0 aliphatic carbocycles. The van der Waals surface area contributed by atoms with E-state index in [0.717, 1.165) is 11.3 Å². The second kappa shape index (κ2) is 5.05. The van der Waals surface area contributed by atoms with Crippen LogP contribution in [-0.4, -0.2) is 13.4 Å². The molecular weight excluding hydrogens is 315 g/mol. The molecule has 0 spiro atoms. The molecule has 2 aromatic rings. The summed E-state index contributed by atoms with van der Waals surface area (Å²) >= 11 is 12.4. The van der Waals surface area contributed by atoms with Crippen LogP contribution in [0.3, 0.4) is 0 Å². The van der Waals surface area contributed by atoms with Crippen molar-refractivity contribution < 1.29 is 8.42 Å². The van der Waals surface area contributed by atoms with Gasteiger partial charge in [-0.3, -0.25) is 4.72 Å². The molecule has 1 N–H and O–H groups in total. The summed E-state index contributed by atoms with van der Waals surface area (Å²) in [5, 5.41) is 0.498. The summed E-state index contributed by atoms with van der Waals surface area (Å²) in [5.74, 6) is 0. The summed E-state index contributed by atoms with van der Waals surface area (Å²) < 4.78 is 26.8. The first-order valence-corrected chi connectivity index (χ1v) is 7.85. The lowest BCUT2D eigenvalue weighted by Crippen LogP contribution is -2.12. The van der Waals surface area contributed by atoms with E-state index < -0.39 is 10.0 Å². The van der Waals surface area contributed by atoms with Crippen LogP contribution in [0.1, 0.15) is 5.56 Å². The van der Waals surface area contributed by atoms with Crippen LogP contribution in [-0.2, 0) is 10.0 Å². The van der Waals surface area contributed by atoms with Crippen molar-refractivity contribution in [3.8, 4) is 0 Å². The summed E-state index contributed by atoms with van der Waals surface area (Å²) in [6, 6.07) is 5.01. The quantitative estimate of drug-likeness (QED) is 0.939. The fourth-order valence-corrected chi connectivity index (χ4v) is 3.87. The number of hydrogen-bond donors (Lipinski definition) is 1. The minimum absolute atomic E-state index is 0.0619. The number of halogens is 2. The second-order valence-electron chi connectivity index (χ2n) is 3.45. The molecule has 96 valence electrons. The molecular formula is C10H8Cl2N2O2S2. The van der Waals surface area contributed by atoms with Gasteiger partial charge in [-0.05, 0) is 24.6 Å². The number of rotatable bonds is 3. The Morgan fingerprint density at radius 1 is 1.33 bits per heavy atom. The predicted octanol–water partition coefficient (Wildman–Crippen LogP) is 3.56. The molecule has 0 fully saturated rings. The van der Waals surface area contributed by atoms with Gasteiger partial charge in [0.2, 0.25) is 0 Å². The third-order valence-corrected chi connectivity index (χ3v) is 5.58. The van der Waals surface area contributed by atoms with Gasteiger partial charge in [-0.2, -0.15) is 0 Å². The highest BCUT2D eigenvalue weighted by Gasteiger charge is 2.18. The van der Waals surface area contributed by atoms with Gasteiger partial charge in [-0.25, -0.2) is 13.4 Å². The molecule has 0 saturated heterocycles. The molecule has 0 radical (unpaired) electrons. The zero-order chi connectivity index (χ0) is 13.3. The summed E-state index contributed by atoms with van der Waals surface area (Å²) in [6.07, 6.45) is 1.22. The van der Waals surface area contributed by atoms with Crippen LogP contribution in [0.2, 0.25) is 9.49 Å². The molecule has 1 heterocycles. The topological polar surface area (TPSA) is 59.1 Å². The Kier molecular flexibility index (Phi) is 3.82. The highest BCUT2D eigenvalue weighted by atomic mass is 35.5. The molecule has 0 saturated carbocycles. The van der Waals surface area contributed by atoms with Gasteiger partial charge in [-0.15, -0.1) is 0 Å². The van der Waals surface area contributed by atoms with Gasteiger partial charge >= 0.3 is 0 Å². The number of nitrogens with zero attached hydrogens (tertiary/aromatic N) is 1. The van der Waals surface area contributed by atoms with Crippen molar-refractivity contribution in [1.82, 2.24) is 4.98 Å². The number of aromatic nitrogens is 1. The van der Waals surface area contributed by atoms with Crippen molar-refractivity contribution in [2.24, 2.45) is 0 Å². The zero-order valence-electron chi connectivity index (χ0n) is 9.15. The molecule has 0 aliphatic rings. The summed E-state index contributed by atoms with van der Waals surface area (Å²) in [6.45, 7) is 1.74. The van der Waals surface area contributed by atoms with Gasteiger partial charge in [0, 0.05) is 5.02 Å². The van der Waals surface area contributed by atoms with Gasteiger partial charge in [0.15, 0.2) is 8.68 Å². The summed E-state index contributed by atoms with van der Waals surface area (Å²) in [7, 11) is -3.67. The Hall–Kier alpha value is -0.820. The molecule has 1 aromatic heterocycles. The molecule has 8 heteroatoms. The largest absolute Gasteiger partial charge is 0.279 e. The molecule has 0 bridgehead atoms. The molecule has 0 amide bonds. The van der Waals surface area contributed by atoms with Crippen molar-refractivity contribution in [3.63, 3.8) is 0 Å². The smallest absolute Gasteiger partial charge is 0.273 e. The molecule has 2 rings (SSSR count). The number of hydrogen-bond acceptors (Lipinski definition) is 4. The summed E-state index contributed by atoms with van der Waals surface area (Å²) in [5.41, 5.74) is 1.10. The first-order valence-electron chi connectivity index (χ1n) is 4.79. The summed E-state index contributed by atoms with van der Waals surface area (Å²) in [4.78, 5) is 3.70. The van der Waals surface area contributed by atoms with Crippen molar-refractivity contribution in [2.75, 3.05) is 4.72 Å². The molecule has 18 heavy (non-hydrogen) atoms. The van der Waals surface area contributed by atoms with Crippen LogP contribution < -0.4 is 4.72 Å². The highest BCUT2D eigenvalue weighted by Crippen LogP contribution is 2.28. The van der Waals surface area contributed by atoms with Gasteiger partial charge in [0.1, 0.15) is 0 Å². The maximum absolute atomic E-state index is 12.0. The molecule has 0 atom stereocenters. The van der Waals surface area contributed by atoms with Crippen LogP contribution in [0.5, 0.6) is 0 Å².